The fourth-order valence-corrected chi connectivity index (χ4v) is 4.96. The Hall–Kier alpha value is -3.93. The smallest absolute Gasteiger partial charge is 0.258 e. The second-order valence-corrected chi connectivity index (χ2v) is 9.17. The second kappa shape index (κ2) is 9.74. The minimum atomic E-state index is -0.405. The number of amides is 2. The SMILES string of the molecule is CN(C(=O)c1ccc(NC(=C2C(=O)Nc3cc(F)ccc32)c2ccccc2)cc1)C1CCCCC1. The normalized spacial score (nSPS) is 16.9. The Bertz CT molecular complexity index is 1280. The van der Waals surface area contributed by atoms with Gasteiger partial charge in [0.25, 0.3) is 11.8 Å². The molecule has 2 N–H and O–H groups in total. The summed E-state index contributed by atoms with van der Waals surface area (Å²) in [5, 5.41) is 6.15. The third-order valence-electron chi connectivity index (χ3n) is 6.88. The maximum atomic E-state index is 13.8. The molecule has 0 aromatic heterocycles. The molecule has 3 aromatic rings. The molecule has 1 aliphatic carbocycles. The molecule has 1 aliphatic heterocycles. The third-order valence-corrected chi connectivity index (χ3v) is 6.88. The molecule has 35 heavy (non-hydrogen) atoms. The average Bonchev–Trinajstić information content (AvgIpc) is 3.22. The van der Waals surface area contributed by atoms with Gasteiger partial charge in [-0.1, -0.05) is 49.6 Å². The van der Waals surface area contributed by atoms with Crippen LogP contribution in [0.15, 0.2) is 72.8 Å². The lowest BCUT2D eigenvalue weighted by molar-refractivity contribution is -0.110. The lowest BCUT2D eigenvalue weighted by atomic mass is 9.94. The van der Waals surface area contributed by atoms with Crippen molar-refractivity contribution in [1.29, 1.82) is 0 Å². The first-order valence-electron chi connectivity index (χ1n) is 12.1. The molecule has 0 atom stereocenters. The summed E-state index contributed by atoms with van der Waals surface area (Å²) in [4.78, 5) is 27.8. The number of fused-ring (bicyclic) bond motifs is 1. The van der Waals surface area contributed by atoms with Crippen LogP contribution in [-0.4, -0.2) is 29.8 Å². The van der Waals surface area contributed by atoms with E-state index in [1.165, 1.54) is 31.4 Å². The number of carbonyl (C=O) groups is 2. The molecule has 6 heteroatoms. The minimum absolute atomic E-state index is 0.0243. The summed E-state index contributed by atoms with van der Waals surface area (Å²) in [5.74, 6) is -0.674. The van der Waals surface area contributed by atoms with Crippen molar-refractivity contribution in [2.24, 2.45) is 0 Å². The molecule has 0 unspecified atom stereocenters. The molecule has 2 aliphatic rings. The molecule has 1 heterocycles. The molecular weight excluding hydrogens is 441 g/mol. The number of nitrogens with zero attached hydrogens (tertiary/aromatic N) is 1. The fraction of sp³-hybridized carbons (Fsp3) is 0.241. The largest absolute Gasteiger partial charge is 0.354 e. The van der Waals surface area contributed by atoms with Gasteiger partial charge < -0.3 is 15.5 Å². The van der Waals surface area contributed by atoms with E-state index in [9.17, 15) is 14.0 Å². The Labute approximate surface area is 204 Å². The van der Waals surface area contributed by atoms with Gasteiger partial charge in [-0.2, -0.15) is 0 Å². The highest BCUT2D eigenvalue weighted by atomic mass is 19.1. The topological polar surface area (TPSA) is 61.4 Å². The summed E-state index contributed by atoms with van der Waals surface area (Å²) in [6, 6.07) is 21.5. The van der Waals surface area contributed by atoms with E-state index >= 15 is 0 Å². The Balaban J connectivity index is 1.45. The highest BCUT2D eigenvalue weighted by molar-refractivity contribution is 6.37. The van der Waals surface area contributed by atoms with Crippen LogP contribution in [0.25, 0.3) is 11.3 Å². The van der Waals surface area contributed by atoms with E-state index < -0.39 is 5.82 Å². The van der Waals surface area contributed by atoms with E-state index in [-0.39, 0.29) is 11.8 Å². The van der Waals surface area contributed by atoms with E-state index in [4.69, 9.17) is 0 Å². The van der Waals surface area contributed by atoms with Crippen molar-refractivity contribution >= 4 is 34.5 Å². The first-order valence-corrected chi connectivity index (χ1v) is 12.1. The van der Waals surface area contributed by atoms with Crippen LogP contribution in [0, 0.1) is 5.82 Å². The molecule has 0 saturated heterocycles. The van der Waals surface area contributed by atoms with Crippen molar-refractivity contribution in [3.8, 4) is 0 Å². The quantitative estimate of drug-likeness (QED) is 0.440. The van der Waals surface area contributed by atoms with Crippen molar-refractivity contribution in [3.63, 3.8) is 0 Å². The molecule has 2 amide bonds. The lowest BCUT2D eigenvalue weighted by Gasteiger charge is -2.31. The lowest BCUT2D eigenvalue weighted by Crippen LogP contribution is -2.38. The molecule has 0 bridgehead atoms. The Morgan fingerprint density at radius 1 is 0.943 bits per heavy atom. The van der Waals surface area contributed by atoms with Gasteiger partial charge in [-0.15, -0.1) is 0 Å². The van der Waals surface area contributed by atoms with Crippen LogP contribution < -0.4 is 10.6 Å². The van der Waals surface area contributed by atoms with Crippen LogP contribution in [0.4, 0.5) is 15.8 Å². The van der Waals surface area contributed by atoms with Gasteiger partial charge in [0.2, 0.25) is 0 Å². The van der Waals surface area contributed by atoms with Gasteiger partial charge in [-0.3, -0.25) is 9.59 Å². The zero-order chi connectivity index (χ0) is 24.4. The third kappa shape index (κ3) is 4.69. The molecule has 1 saturated carbocycles. The van der Waals surface area contributed by atoms with Crippen molar-refractivity contribution in [2.75, 3.05) is 17.7 Å². The van der Waals surface area contributed by atoms with E-state index in [0.717, 1.165) is 24.1 Å². The molecule has 0 spiro atoms. The highest BCUT2D eigenvalue weighted by Gasteiger charge is 2.29. The van der Waals surface area contributed by atoms with Crippen molar-refractivity contribution in [3.05, 3.63) is 95.3 Å². The summed E-state index contributed by atoms with van der Waals surface area (Å²) in [6.07, 6.45) is 5.71. The predicted octanol–water partition coefficient (Wildman–Crippen LogP) is 6.16. The summed E-state index contributed by atoms with van der Waals surface area (Å²) in [6.45, 7) is 0. The van der Waals surface area contributed by atoms with Crippen LogP contribution in [0.2, 0.25) is 0 Å². The van der Waals surface area contributed by atoms with E-state index in [1.807, 2.05) is 66.5 Å². The maximum absolute atomic E-state index is 13.8. The van der Waals surface area contributed by atoms with E-state index in [2.05, 4.69) is 10.6 Å². The summed E-state index contributed by atoms with van der Waals surface area (Å²) in [5.41, 5.74) is 4.37. The van der Waals surface area contributed by atoms with Gasteiger partial charge in [0.1, 0.15) is 5.82 Å². The van der Waals surface area contributed by atoms with Crippen LogP contribution in [0.1, 0.15) is 53.6 Å². The molecule has 178 valence electrons. The average molecular weight is 470 g/mol. The number of benzene rings is 3. The Morgan fingerprint density at radius 2 is 1.66 bits per heavy atom. The van der Waals surface area contributed by atoms with Crippen molar-refractivity contribution in [1.82, 2.24) is 4.90 Å². The molecule has 3 aromatic carbocycles. The Morgan fingerprint density at radius 3 is 2.37 bits per heavy atom. The molecule has 5 rings (SSSR count). The molecular formula is C29H28FN3O2. The number of hydrogen-bond acceptors (Lipinski definition) is 3. The number of hydrogen-bond donors (Lipinski definition) is 2. The van der Waals surface area contributed by atoms with Gasteiger partial charge in [-0.05, 0) is 60.9 Å². The number of anilines is 2. The van der Waals surface area contributed by atoms with E-state index in [1.54, 1.807) is 6.07 Å². The number of halogens is 1. The summed E-state index contributed by atoms with van der Waals surface area (Å²) < 4.78 is 13.8. The van der Waals surface area contributed by atoms with Crippen LogP contribution in [0.5, 0.6) is 0 Å². The van der Waals surface area contributed by atoms with Crippen molar-refractivity contribution in [2.45, 2.75) is 38.1 Å². The molecule has 0 radical (unpaired) electrons. The van der Waals surface area contributed by atoms with Crippen LogP contribution in [0.3, 0.4) is 0 Å². The van der Waals surface area contributed by atoms with Gasteiger partial charge in [0.05, 0.1) is 17.0 Å². The van der Waals surface area contributed by atoms with Gasteiger partial charge in [0, 0.05) is 29.9 Å². The van der Waals surface area contributed by atoms with Crippen LogP contribution in [-0.2, 0) is 4.79 Å². The Kier molecular flexibility index (Phi) is 6.36. The summed E-state index contributed by atoms with van der Waals surface area (Å²) in [7, 11) is 1.89. The number of nitrogens with one attached hydrogen (secondary N) is 2. The zero-order valence-electron chi connectivity index (χ0n) is 19.7. The first kappa shape index (κ1) is 22.8. The summed E-state index contributed by atoms with van der Waals surface area (Å²) >= 11 is 0. The van der Waals surface area contributed by atoms with Gasteiger partial charge in [0.15, 0.2) is 0 Å². The van der Waals surface area contributed by atoms with Gasteiger partial charge >= 0.3 is 0 Å². The standard InChI is InChI=1S/C29H28FN3O2/c1-33(23-10-6-3-7-11-23)29(35)20-12-15-22(16-13-20)31-27(19-8-4-2-5-9-19)26-24-17-14-21(30)18-25(24)32-28(26)34/h2,4-5,8-9,12-18,23,31H,3,6-7,10-11H2,1H3,(H,32,34). The van der Waals surface area contributed by atoms with Crippen molar-refractivity contribution < 1.29 is 14.0 Å². The van der Waals surface area contributed by atoms with Gasteiger partial charge in [-0.25, -0.2) is 4.39 Å². The second-order valence-electron chi connectivity index (χ2n) is 9.17. The fourth-order valence-electron chi connectivity index (χ4n) is 4.96. The van der Waals surface area contributed by atoms with Crippen LogP contribution >= 0.6 is 0 Å². The molecule has 5 nitrogen and oxygen atoms in total. The highest BCUT2D eigenvalue weighted by Crippen LogP contribution is 2.38. The maximum Gasteiger partial charge on any atom is 0.258 e. The first-order chi connectivity index (χ1) is 17.0. The zero-order valence-corrected chi connectivity index (χ0v) is 19.7. The number of carbonyl (C=O) groups excluding carboxylic acids is 2. The van der Waals surface area contributed by atoms with E-state index in [0.29, 0.717) is 34.1 Å². The minimum Gasteiger partial charge on any atom is -0.354 e. The number of rotatable bonds is 5. The monoisotopic (exact) mass is 469 g/mol. The molecule has 1 fully saturated rings. The predicted molar refractivity (Wildman–Crippen MR) is 137 cm³/mol.